The van der Waals surface area contributed by atoms with Gasteiger partial charge in [-0.15, -0.1) is 0 Å². The van der Waals surface area contributed by atoms with Crippen LogP contribution in [0.3, 0.4) is 0 Å². The molecule has 3 rings (SSSR count). The molecule has 27 heavy (non-hydrogen) atoms. The molecule has 0 aliphatic carbocycles. The number of pyridine rings is 1. The molecule has 0 amide bonds. The third-order valence-corrected chi connectivity index (χ3v) is 3.51. The highest BCUT2D eigenvalue weighted by Gasteiger charge is 2.23. The molecule has 0 saturated heterocycles. The molecule has 1 aromatic heterocycles. The first-order valence-electron chi connectivity index (χ1n) is 7.76. The molecule has 136 valence electrons. The van der Waals surface area contributed by atoms with Crippen molar-refractivity contribution in [1.82, 2.24) is 4.98 Å². The van der Waals surface area contributed by atoms with Crippen LogP contribution in [0.4, 0.5) is 11.4 Å². The SMILES string of the molecule is O=[N+]([O-])c1cnc(Oc2ccc(OCc3ccccc3)cc2)c([N+](=O)[O-])c1. The average molecular weight is 367 g/mol. The van der Waals surface area contributed by atoms with E-state index in [-0.39, 0.29) is 11.6 Å². The highest BCUT2D eigenvalue weighted by molar-refractivity contribution is 5.49. The van der Waals surface area contributed by atoms with Crippen LogP contribution in [0, 0.1) is 20.2 Å². The number of rotatable bonds is 7. The van der Waals surface area contributed by atoms with E-state index in [1.807, 2.05) is 30.3 Å². The van der Waals surface area contributed by atoms with Crippen LogP contribution in [0.2, 0.25) is 0 Å². The third-order valence-electron chi connectivity index (χ3n) is 3.51. The molecular formula is C18H13N3O6. The van der Waals surface area contributed by atoms with Crippen LogP contribution in [0.5, 0.6) is 17.4 Å². The molecule has 0 N–H and O–H groups in total. The Morgan fingerprint density at radius 1 is 0.889 bits per heavy atom. The highest BCUT2D eigenvalue weighted by atomic mass is 16.6. The van der Waals surface area contributed by atoms with Crippen molar-refractivity contribution in [3.8, 4) is 17.4 Å². The molecule has 0 atom stereocenters. The van der Waals surface area contributed by atoms with Gasteiger partial charge in [-0.3, -0.25) is 20.2 Å². The Hall–Kier alpha value is -4.01. The van der Waals surface area contributed by atoms with Crippen molar-refractivity contribution in [3.05, 3.63) is 92.7 Å². The number of nitro groups is 2. The predicted molar refractivity (Wildman–Crippen MR) is 94.8 cm³/mol. The van der Waals surface area contributed by atoms with E-state index in [0.717, 1.165) is 17.8 Å². The molecule has 2 aromatic carbocycles. The Labute approximate surface area is 153 Å². The highest BCUT2D eigenvalue weighted by Crippen LogP contribution is 2.32. The van der Waals surface area contributed by atoms with Gasteiger partial charge in [0.25, 0.3) is 11.6 Å². The van der Waals surface area contributed by atoms with Crippen LogP contribution in [0.1, 0.15) is 5.56 Å². The van der Waals surface area contributed by atoms with E-state index in [9.17, 15) is 20.2 Å². The Morgan fingerprint density at radius 3 is 2.19 bits per heavy atom. The quantitative estimate of drug-likeness (QED) is 0.452. The number of hydrogen-bond acceptors (Lipinski definition) is 7. The number of benzene rings is 2. The topological polar surface area (TPSA) is 118 Å². The lowest BCUT2D eigenvalue weighted by molar-refractivity contribution is -0.395. The van der Waals surface area contributed by atoms with E-state index in [2.05, 4.69) is 4.98 Å². The largest absolute Gasteiger partial charge is 0.489 e. The van der Waals surface area contributed by atoms with E-state index in [4.69, 9.17) is 9.47 Å². The summed E-state index contributed by atoms with van der Waals surface area (Å²) >= 11 is 0. The molecule has 0 fully saturated rings. The minimum atomic E-state index is -0.785. The zero-order valence-electron chi connectivity index (χ0n) is 13.8. The van der Waals surface area contributed by atoms with Crippen molar-refractivity contribution < 1.29 is 19.3 Å². The van der Waals surface area contributed by atoms with Gasteiger partial charge >= 0.3 is 5.69 Å². The van der Waals surface area contributed by atoms with Crippen molar-refractivity contribution in [1.29, 1.82) is 0 Å². The molecule has 1 heterocycles. The lowest BCUT2D eigenvalue weighted by Crippen LogP contribution is -1.99. The minimum Gasteiger partial charge on any atom is -0.489 e. The van der Waals surface area contributed by atoms with E-state index in [1.54, 1.807) is 24.3 Å². The first-order valence-corrected chi connectivity index (χ1v) is 7.76. The van der Waals surface area contributed by atoms with Gasteiger partial charge in [-0.25, -0.2) is 4.98 Å². The zero-order chi connectivity index (χ0) is 19.2. The van der Waals surface area contributed by atoms with Gasteiger partial charge < -0.3 is 9.47 Å². The third kappa shape index (κ3) is 4.54. The predicted octanol–water partition coefficient (Wildman–Crippen LogP) is 4.27. The maximum Gasteiger partial charge on any atom is 0.338 e. The van der Waals surface area contributed by atoms with Gasteiger partial charge in [-0.05, 0) is 29.8 Å². The summed E-state index contributed by atoms with van der Waals surface area (Å²) in [6, 6.07) is 16.9. The van der Waals surface area contributed by atoms with E-state index in [1.165, 1.54) is 0 Å². The lowest BCUT2D eigenvalue weighted by Gasteiger charge is -2.08. The molecule has 0 bridgehead atoms. The van der Waals surface area contributed by atoms with Crippen molar-refractivity contribution in [2.75, 3.05) is 0 Å². The van der Waals surface area contributed by atoms with Gasteiger partial charge in [0.1, 0.15) is 30.4 Å². The maximum absolute atomic E-state index is 11.1. The number of ether oxygens (including phenoxy) is 2. The Kier molecular flexibility index (Phi) is 5.22. The fourth-order valence-electron chi connectivity index (χ4n) is 2.20. The number of hydrogen-bond donors (Lipinski definition) is 0. The first-order chi connectivity index (χ1) is 13.0. The second kappa shape index (κ2) is 7.91. The number of nitrogens with zero attached hydrogens (tertiary/aromatic N) is 3. The van der Waals surface area contributed by atoms with Crippen molar-refractivity contribution in [2.45, 2.75) is 6.61 Å². The van der Waals surface area contributed by atoms with E-state index < -0.39 is 21.2 Å². The standard InChI is InChI=1S/C18H13N3O6/c22-20(23)14-10-17(21(24)25)18(19-11-14)27-16-8-6-15(7-9-16)26-12-13-4-2-1-3-5-13/h1-11H,12H2. The second-order valence-corrected chi connectivity index (χ2v) is 5.38. The van der Waals surface area contributed by atoms with Crippen LogP contribution in [0.15, 0.2) is 66.9 Å². The second-order valence-electron chi connectivity index (χ2n) is 5.38. The molecule has 9 heteroatoms. The van der Waals surface area contributed by atoms with E-state index in [0.29, 0.717) is 12.4 Å². The molecular weight excluding hydrogens is 354 g/mol. The van der Waals surface area contributed by atoms with Gasteiger partial charge in [0.05, 0.1) is 9.85 Å². The zero-order valence-corrected chi connectivity index (χ0v) is 13.8. The monoisotopic (exact) mass is 367 g/mol. The summed E-state index contributed by atoms with van der Waals surface area (Å²) in [6.45, 7) is 0.399. The van der Waals surface area contributed by atoms with Crippen molar-refractivity contribution in [3.63, 3.8) is 0 Å². The van der Waals surface area contributed by atoms with Crippen LogP contribution in [-0.2, 0) is 6.61 Å². The molecule has 0 aliphatic rings. The average Bonchev–Trinajstić information content (AvgIpc) is 2.68. The van der Waals surface area contributed by atoms with Crippen LogP contribution in [0.25, 0.3) is 0 Å². The van der Waals surface area contributed by atoms with Crippen LogP contribution in [-0.4, -0.2) is 14.8 Å². The smallest absolute Gasteiger partial charge is 0.338 e. The Balaban J connectivity index is 1.71. The summed E-state index contributed by atoms with van der Waals surface area (Å²) in [5.41, 5.74) is -0.0594. The van der Waals surface area contributed by atoms with E-state index >= 15 is 0 Å². The molecule has 0 unspecified atom stereocenters. The Morgan fingerprint density at radius 2 is 1.56 bits per heavy atom. The summed E-state index contributed by atoms with van der Waals surface area (Å²) in [4.78, 5) is 24.0. The van der Waals surface area contributed by atoms with Crippen molar-refractivity contribution in [2.24, 2.45) is 0 Å². The van der Waals surface area contributed by atoms with Gasteiger partial charge in [0.15, 0.2) is 0 Å². The first kappa shape index (κ1) is 17.8. The summed E-state index contributed by atoms with van der Waals surface area (Å²) < 4.78 is 11.0. The summed E-state index contributed by atoms with van der Waals surface area (Å²) in [6.07, 6.45) is 0.902. The molecule has 0 aliphatic heterocycles. The normalized spacial score (nSPS) is 10.2. The summed E-state index contributed by atoms with van der Waals surface area (Å²) in [5.74, 6) is 0.549. The molecule has 9 nitrogen and oxygen atoms in total. The molecule has 3 aromatic rings. The van der Waals surface area contributed by atoms with Gasteiger partial charge in [0.2, 0.25) is 0 Å². The fourth-order valence-corrected chi connectivity index (χ4v) is 2.20. The van der Waals surface area contributed by atoms with Gasteiger partial charge in [0, 0.05) is 0 Å². The summed E-state index contributed by atoms with van der Waals surface area (Å²) in [5, 5.41) is 21.8. The number of aromatic nitrogens is 1. The van der Waals surface area contributed by atoms with Crippen LogP contribution >= 0.6 is 0 Å². The van der Waals surface area contributed by atoms with Crippen LogP contribution < -0.4 is 9.47 Å². The van der Waals surface area contributed by atoms with Gasteiger partial charge in [-0.1, -0.05) is 30.3 Å². The fraction of sp³-hybridized carbons (Fsp3) is 0.0556. The van der Waals surface area contributed by atoms with Gasteiger partial charge in [-0.2, -0.15) is 0 Å². The maximum atomic E-state index is 11.1. The summed E-state index contributed by atoms with van der Waals surface area (Å²) in [7, 11) is 0. The molecule has 0 radical (unpaired) electrons. The minimum absolute atomic E-state index is 0.284. The molecule has 0 spiro atoms. The van der Waals surface area contributed by atoms with Crippen molar-refractivity contribution >= 4 is 11.4 Å². The lowest BCUT2D eigenvalue weighted by atomic mass is 10.2. The molecule has 0 saturated carbocycles. The Bertz CT molecular complexity index is 961.